The highest BCUT2D eigenvalue weighted by atomic mass is 35.5. The summed E-state index contributed by atoms with van der Waals surface area (Å²) in [7, 11) is 1.59. The highest BCUT2D eigenvalue weighted by Gasteiger charge is 2.10. The standard InChI is InChI=1S/C19H15ClN2O4/c1-24-16-9-5-14(6-10-16)19-21-17(26-22-19)12-25-18(23)11-4-13-2-7-15(20)8-3-13/h2-11H,12H2,1H3/b11-4+. The molecule has 0 saturated carbocycles. The number of hydrogen-bond acceptors (Lipinski definition) is 6. The summed E-state index contributed by atoms with van der Waals surface area (Å²) in [5.74, 6) is 0.850. The fourth-order valence-electron chi connectivity index (χ4n) is 2.09. The minimum absolute atomic E-state index is 0.104. The van der Waals surface area contributed by atoms with Crippen LogP contribution in [-0.2, 0) is 16.1 Å². The van der Waals surface area contributed by atoms with Crippen LogP contribution >= 0.6 is 11.6 Å². The van der Waals surface area contributed by atoms with Crippen LogP contribution in [0, 0.1) is 0 Å². The molecule has 1 aromatic heterocycles. The zero-order chi connectivity index (χ0) is 18.4. The molecule has 0 bridgehead atoms. The summed E-state index contributed by atoms with van der Waals surface area (Å²) in [6, 6.07) is 14.3. The van der Waals surface area contributed by atoms with Gasteiger partial charge in [-0.3, -0.25) is 0 Å². The Bertz CT molecular complexity index is 902. The molecule has 1 heterocycles. The van der Waals surface area contributed by atoms with Crippen molar-refractivity contribution >= 4 is 23.6 Å². The van der Waals surface area contributed by atoms with Crippen molar-refractivity contribution in [1.29, 1.82) is 0 Å². The van der Waals surface area contributed by atoms with Gasteiger partial charge in [-0.25, -0.2) is 4.79 Å². The summed E-state index contributed by atoms with van der Waals surface area (Å²) >= 11 is 5.81. The van der Waals surface area contributed by atoms with Gasteiger partial charge in [-0.1, -0.05) is 28.9 Å². The first-order chi connectivity index (χ1) is 12.6. The van der Waals surface area contributed by atoms with Gasteiger partial charge in [-0.2, -0.15) is 4.98 Å². The van der Waals surface area contributed by atoms with E-state index in [2.05, 4.69) is 10.1 Å². The molecule has 3 aromatic rings. The molecule has 0 unspecified atom stereocenters. The number of nitrogens with zero attached hydrogens (tertiary/aromatic N) is 2. The van der Waals surface area contributed by atoms with Crippen molar-refractivity contribution < 1.29 is 18.8 Å². The van der Waals surface area contributed by atoms with Crippen molar-refractivity contribution in [3.63, 3.8) is 0 Å². The van der Waals surface area contributed by atoms with Crippen LogP contribution in [0.4, 0.5) is 0 Å². The second kappa shape index (κ2) is 8.31. The maximum Gasteiger partial charge on any atom is 0.331 e. The number of rotatable bonds is 6. The molecule has 7 heteroatoms. The van der Waals surface area contributed by atoms with Crippen molar-refractivity contribution in [1.82, 2.24) is 10.1 Å². The van der Waals surface area contributed by atoms with Crippen molar-refractivity contribution in [2.75, 3.05) is 7.11 Å². The summed E-state index contributed by atoms with van der Waals surface area (Å²) in [6.07, 6.45) is 2.96. The van der Waals surface area contributed by atoms with Gasteiger partial charge in [0, 0.05) is 16.7 Å². The lowest BCUT2D eigenvalue weighted by Gasteiger charge is -1.99. The lowest BCUT2D eigenvalue weighted by Crippen LogP contribution is -2.00. The fraction of sp³-hybridized carbons (Fsp3) is 0.105. The van der Waals surface area contributed by atoms with Crippen LogP contribution in [0.15, 0.2) is 59.1 Å². The van der Waals surface area contributed by atoms with E-state index in [1.165, 1.54) is 6.08 Å². The third-order valence-electron chi connectivity index (χ3n) is 3.44. The second-order valence-corrected chi connectivity index (χ2v) is 5.67. The fourth-order valence-corrected chi connectivity index (χ4v) is 2.22. The summed E-state index contributed by atoms with van der Waals surface area (Å²) in [5, 5.41) is 4.51. The van der Waals surface area contributed by atoms with Crippen LogP contribution in [0.1, 0.15) is 11.5 Å². The number of ether oxygens (including phenoxy) is 2. The molecule has 0 atom stereocenters. The zero-order valence-electron chi connectivity index (χ0n) is 13.9. The van der Waals surface area contributed by atoms with E-state index in [4.69, 9.17) is 25.6 Å². The van der Waals surface area contributed by atoms with Gasteiger partial charge in [0.15, 0.2) is 6.61 Å². The van der Waals surface area contributed by atoms with E-state index >= 15 is 0 Å². The molecule has 6 nitrogen and oxygen atoms in total. The summed E-state index contributed by atoms with van der Waals surface area (Å²) in [4.78, 5) is 16.0. The number of hydrogen-bond donors (Lipinski definition) is 0. The quantitative estimate of drug-likeness (QED) is 0.479. The molecule has 0 aliphatic heterocycles. The third kappa shape index (κ3) is 4.70. The molecule has 0 aliphatic rings. The molecule has 0 amide bonds. The lowest BCUT2D eigenvalue weighted by atomic mass is 10.2. The van der Waals surface area contributed by atoms with Crippen LogP contribution in [0.5, 0.6) is 5.75 Å². The number of methoxy groups -OCH3 is 1. The molecule has 0 saturated heterocycles. The normalized spacial score (nSPS) is 10.8. The average molecular weight is 371 g/mol. The Kier molecular flexibility index (Phi) is 5.66. The minimum atomic E-state index is -0.510. The molecule has 0 N–H and O–H groups in total. The van der Waals surface area contributed by atoms with Gasteiger partial charge >= 0.3 is 5.97 Å². The minimum Gasteiger partial charge on any atom is -0.497 e. The van der Waals surface area contributed by atoms with Crippen LogP contribution in [-0.4, -0.2) is 23.2 Å². The molecule has 0 spiro atoms. The average Bonchev–Trinajstić information content (AvgIpc) is 3.15. The molecule has 3 rings (SSSR count). The first kappa shape index (κ1) is 17.7. The molecule has 0 radical (unpaired) electrons. The van der Waals surface area contributed by atoms with E-state index in [-0.39, 0.29) is 12.5 Å². The third-order valence-corrected chi connectivity index (χ3v) is 3.69. The Balaban J connectivity index is 1.55. The van der Waals surface area contributed by atoms with Crippen molar-refractivity contribution in [3.05, 3.63) is 71.1 Å². The van der Waals surface area contributed by atoms with E-state index in [1.54, 1.807) is 49.6 Å². The van der Waals surface area contributed by atoms with Crippen LogP contribution in [0.2, 0.25) is 5.02 Å². The summed E-state index contributed by atoms with van der Waals surface area (Å²) in [5.41, 5.74) is 1.61. The maximum atomic E-state index is 11.8. The number of benzene rings is 2. The molecular weight excluding hydrogens is 356 g/mol. The largest absolute Gasteiger partial charge is 0.497 e. The van der Waals surface area contributed by atoms with Crippen LogP contribution in [0.3, 0.4) is 0 Å². The highest BCUT2D eigenvalue weighted by Crippen LogP contribution is 2.19. The predicted molar refractivity (Wildman–Crippen MR) is 96.6 cm³/mol. The topological polar surface area (TPSA) is 74.5 Å². The van der Waals surface area contributed by atoms with Gasteiger partial charge in [-0.05, 0) is 48.0 Å². The Morgan fingerprint density at radius 1 is 1.15 bits per heavy atom. The van der Waals surface area contributed by atoms with Gasteiger partial charge in [-0.15, -0.1) is 0 Å². The zero-order valence-corrected chi connectivity index (χ0v) is 14.6. The van der Waals surface area contributed by atoms with E-state index in [0.717, 1.165) is 16.9 Å². The summed E-state index contributed by atoms with van der Waals surface area (Å²) < 4.78 is 15.3. The van der Waals surface area contributed by atoms with Gasteiger partial charge < -0.3 is 14.0 Å². The van der Waals surface area contributed by atoms with Gasteiger partial charge in [0.1, 0.15) is 5.75 Å². The predicted octanol–water partition coefficient (Wildman–Crippen LogP) is 4.16. The second-order valence-electron chi connectivity index (χ2n) is 5.23. The Morgan fingerprint density at radius 3 is 2.58 bits per heavy atom. The SMILES string of the molecule is COc1ccc(-c2noc(COC(=O)/C=C/c3ccc(Cl)cc3)n2)cc1. The molecular formula is C19H15ClN2O4. The van der Waals surface area contributed by atoms with Crippen molar-refractivity contribution in [3.8, 4) is 17.1 Å². The Hall–Kier alpha value is -3.12. The van der Waals surface area contributed by atoms with Crippen LogP contribution < -0.4 is 4.74 Å². The van der Waals surface area contributed by atoms with Crippen LogP contribution in [0.25, 0.3) is 17.5 Å². The van der Waals surface area contributed by atoms with E-state index in [0.29, 0.717) is 10.8 Å². The number of halogens is 1. The van der Waals surface area contributed by atoms with E-state index in [1.807, 2.05) is 12.1 Å². The number of aromatic nitrogens is 2. The summed E-state index contributed by atoms with van der Waals surface area (Å²) in [6.45, 7) is -0.104. The van der Waals surface area contributed by atoms with E-state index < -0.39 is 5.97 Å². The Labute approximate surface area is 155 Å². The maximum absolute atomic E-state index is 11.8. The first-order valence-corrected chi connectivity index (χ1v) is 8.09. The van der Waals surface area contributed by atoms with Crippen molar-refractivity contribution in [2.45, 2.75) is 6.61 Å². The molecule has 2 aromatic carbocycles. The Morgan fingerprint density at radius 2 is 1.88 bits per heavy atom. The van der Waals surface area contributed by atoms with Gasteiger partial charge in [0.05, 0.1) is 7.11 Å². The molecule has 0 fully saturated rings. The number of carbonyl (C=O) groups is 1. The highest BCUT2D eigenvalue weighted by molar-refractivity contribution is 6.30. The smallest absolute Gasteiger partial charge is 0.331 e. The number of carbonyl (C=O) groups excluding carboxylic acids is 1. The first-order valence-electron chi connectivity index (χ1n) is 7.71. The van der Waals surface area contributed by atoms with Gasteiger partial charge in [0.25, 0.3) is 5.89 Å². The van der Waals surface area contributed by atoms with Crippen molar-refractivity contribution in [2.24, 2.45) is 0 Å². The monoisotopic (exact) mass is 370 g/mol. The van der Waals surface area contributed by atoms with E-state index in [9.17, 15) is 4.79 Å². The molecule has 132 valence electrons. The molecule has 0 aliphatic carbocycles. The molecule has 26 heavy (non-hydrogen) atoms. The van der Waals surface area contributed by atoms with Gasteiger partial charge in [0.2, 0.25) is 5.82 Å². The number of esters is 1. The lowest BCUT2D eigenvalue weighted by molar-refractivity contribution is -0.139.